The van der Waals surface area contributed by atoms with Crippen molar-refractivity contribution in [1.82, 2.24) is 5.32 Å². The van der Waals surface area contributed by atoms with Crippen molar-refractivity contribution in [2.24, 2.45) is 5.41 Å². The van der Waals surface area contributed by atoms with E-state index in [-0.39, 0.29) is 0 Å². The van der Waals surface area contributed by atoms with Crippen LogP contribution < -0.4 is 5.32 Å². The smallest absolute Gasteiger partial charge is 0.0594 e. The lowest BCUT2D eigenvalue weighted by Crippen LogP contribution is -2.47. The fourth-order valence-corrected chi connectivity index (χ4v) is 1.31. The number of hydrogen-bond acceptors (Lipinski definition) is 3. The van der Waals surface area contributed by atoms with E-state index in [1.54, 1.807) is 0 Å². The van der Waals surface area contributed by atoms with Gasteiger partial charge in [-0.1, -0.05) is 6.92 Å². The number of rotatable bonds is 6. The molecule has 1 N–H and O–H groups in total. The lowest BCUT2D eigenvalue weighted by atomic mass is 9.89. The van der Waals surface area contributed by atoms with Gasteiger partial charge in [0.15, 0.2) is 0 Å². The quantitative estimate of drug-likeness (QED) is 0.630. The fraction of sp³-hybridized carbons (Fsp3) is 1.00. The third kappa shape index (κ3) is 4.07. The van der Waals surface area contributed by atoms with Crippen LogP contribution in [0.5, 0.6) is 0 Å². The van der Waals surface area contributed by atoms with Crippen LogP contribution in [0.2, 0.25) is 0 Å². The highest BCUT2D eigenvalue weighted by molar-refractivity contribution is 4.82. The van der Waals surface area contributed by atoms with Crippen molar-refractivity contribution in [2.75, 3.05) is 32.9 Å². The van der Waals surface area contributed by atoms with Gasteiger partial charge in [-0.3, -0.25) is 0 Å². The molecule has 13 heavy (non-hydrogen) atoms. The van der Waals surface area contributed by atoms with E-state index in [9.17, 15) is 0 Å². The van der Waals surface area contributed by atoms with Crippen LogP contribution in [0.15, 0.2) is 0 Å². The first-order chi connectivity index (χ1) is 6.12. The Morgan fingerprint density at radius 3 is 2.62 bits per heavy atom. The van der Waals surface area contributed by atoms with Crippen LogP contribution in [0.25, 0.3) is 0 Å². The fourth-order valence-electron chi connectivity index (χ4n) is 1.31. The van der Waals surface area contributed by atoms with E-state index in [1.807, 2.05) is 0 Å². The SMILES string of the molecule is CC(C)OCCNCC1(C)COC1. The monoisotopic (exact) mass is 187 g/mol. The van der Waals surface area contributed by atoms with Crippen LogP contribution in [0.1, 0.15) is 20.8 Å². The molecule has 1 heterocycles. The second-order valence-corrected chi connectivity index (χ2v) is 4.40. The summed E-state index contributed by atoms with van der Waals surface area (Å²) in [6, 6.07) is 0. The van der Waals surface area contributed by atoms with Crippen molar-refractivity contribution in [3.05, 3.63) is 0 Å². The molecule has 1 aliphatic rings. The van der Waals surface area contributed by atoms with Crippen molar-refractivity contribution < 1.29 is 9.47 Å². The Morgan fingerprint density at radius 1 is 1.46 bits per heavy atom. The Balaban J connectivity index is 1.89. The predicted octanol–water partition coefficient (Wildman–Crippen LogP) is 1.04. The average molecular weight is 187 g/mol. The van der Waals surface area contributed by atoms with Crippen LogP contribution in [0, 0.1) is 5.41 Å². The highest BCUT2D eigenvalue weighted by Crippen LogP contribution is 2.24. The van der Waals surface area contributed by atoms with Crippen molar-refractivity contribution in [2.45, 2.75) is 26.9 Å². The second-order valence-electron chi connectivity index (χ2n) is 4.40. The van der Waals surface area contributed by atoms with Crippen molar-refractivity contribution in [3.8, 4) is 0 Å². The minimum atomic E-state index is 0.337. The molecular weight excluding hydrogens is 166 g/mol. The number of hydrogen-bond donors (Lipinski definition) is 1. The van der Waals surface area contributed by atoms with Gasteiger partial charge >= 0.3 is 0 Å². The largest absolute Gasteiger partial charge is 0.380 e. The van der Waals surface area contributed by atoms with E-state index in [4.69, 9.17) is 9.47 Å². The van der Waals surface area contributed by atoms with E-state index in [0.717, 1.165) is 32.9 Å². The highest BCUT2D eigenvalue weighted by Gasteiger charge is 2.32. The standard InChI is InChI=1S/C10H21NO2/c1-9(2)13-5-4-11-6-10(3)7-12-8-10/h9,11H,4-8H2,1-3H3. The summed E-state index contributed by atoms with van der Waals surface area (Å²) in [7, 11) is 0. The molecule has 0 amide bonds. The molecule has 3 heteroatoms. The first-order valence-electron chi connectivity index (χ1n) is 5.02. The maximum atomic E-state index is 5.41. The molecule has 1 saturated heterocycles. The van der Waals surface area contributed by atoms with Gasteiger partial charge in [-0.05, 0) is 13.8 Å². The summed E-state index contributed by atoms with van der Waals surface area (Å²) in [5, 5.41) is 3.38. The average Bonchev–Trinajstić information content (AvgIpc) is 2.00. The molecule has 3 nitrogen and oxygen atoms in total. The number of nitrogens with one attached hydrogen (secondary N) is 1. The van der Waals surface area contributed by atoms with Gasteiger partial charge in [0, 0.05) is 18.5 Å². The van der Waals surface area contributed by atoms with Crippen molar-refractivity contribution >= 4 is 0 Å². The first-order valence-corrected chi connectivity index (χ1v) is 5.02. The molecule has 0 aliphatic carbocycles. The zero-order valence-electron chi connectivity index (χ0n) is 8.93. The predicted molar refractivity (Wildman–Crippen MR) is 52.9 cm³/mol. The van der Waals surface area contributed by atoms with Gasteiger partial charge in [0.2, 0.25) is 0 Å². The zero-order valence-corrected chi connectivity index (χ0v) is 8.93. The lowest BCUT2D eigenvalue weighted by Gasteiger charge is -2.38. The molecule has 0 spiro atoms. The van der Waals surface area contributed by atoms with Crippen LogP contribution in [-0.2, 0) is 9.47 Å². The van der Waals surface area contributed by atoms with Gasteiger partial charge in [0.05, 0.1) is 25.9 Å². The zero-order chi connectivity index (χ0) is 9.73. The van der Waals surface area contributed by atoms with Crippen molar-refractivity contribution in [3.63, 3.8) is 0 Å². The van der Waals surface area contributed by atoms with E-state index in [1.165, 1.54) is 0 Å². The van der Waals surface area contributed by atoms with E-state index < -0.39 is 0 Å². The topological polar surface area (TPSA) is 30.5 Å². The Kier molecular flexibility index (Phi) is 4.16. The van der Waals surface area contributed by atoms with Crippen LogP contribution in [-0.4, -0.2) is 39.0 Å². The summed E-state index contributed by atoms with van der Waals surface area (Å²) in [5.41, 5.74) is 0.373. The van der Waals surface area contributed by atoms with E-state index in [0.29, 0.717) is 11.5 Å². The Morgan fingerprint density at radius 2 is 2.15 bits per heavy atom. The maximum Gasteiger partial charge on any atom is 0.0594 e. The second kappa shape index (κ2) is 4.94. The van der Waals surface area contributed by atoms with Gasteiger partial charge in [0.1, 0.15) is 0 Å². The highest BCUT2D eigenvalue weighted by atomic mass is 16.5. The third-order valence-corrected chi connectivity index (χ3v) is 2.18. The molecule has 1 fully saturated rings. The van der Waals surface area contributed by atoms with Crippen LogP contribution in [0.3, 0.4) is 0 Å². The molecule has 0 aromatic rings. The molecule has 0 aromatic carbocycles. The van der Waals surface area contributed by atoms with E-state index in [2.05, 4.69) is 26.1 Å². The van der Waals surface area contributed by atoms with Crippen LogP contribution in [0.4, 0.5) is 0 Å². The van der Waals surface area contributed by atoms with Crippen LogP contribution >= 0.6 is 0 Å². The maximum absolute atomic E-state index is 5.41. The molecule has 0 aromatic heterocycles. The summed E-state index contributed by atoms with van der Waals surface area (Å²) in [6.45, 7) is 10.9. The van der Waals surface area contributed by atoms with Gasteiger partial charge in [-0.25, -0.2) is 0 Å². The molecule has 1 rings (SSSR count). The normalized spacial score (nSPS) is 20.3. The summed E-state index contributed by atoms with van der Waals surface area (Å²) in [5.74, 6) is 0. The Bertz CT molecular complexity index is 144. The van der Waals surface area contributed by atoms with Gasteiger partial charge in [-0.2, -0.15) is 0 Å². The van der Waals surface area contributed by atoms with Crippen molar-refractivity contribution in [1.29, 1.82) is 0 Å². The number of ether oxygens (including phenoxy) is 2. The van der Waals surface area contributed by atoms with Gasteiger partial charge in [-0.15, -0.1) is 0 Å². The first kappa shape index (κ1) is 11.0. The van der Waals surface area contributed by atoms with E-state index >= 15 is 0 Å². The third-order valence-electron chi connectivity index (χ3n) is 2.18. The molecular formula is C10H21NO2. The molecule has 78 valence electrons. The molecule has 1 aliphatic heterocycles. The minimum Gasteiger partial charge on any atom is -0.380 e. The Labute approximate surface area is 80.8 Å². The summed E-state index contributed by atoms with van der Waals surface area (Å²) in [6.07, 6.45) is 0.337. The molecule has 0 radical (unpaired) electrons. The minimum absolute atomic E-state index is 0.337. The molecule has 0 unspecified atom stereocenters. The summed E-state index contributed by atoms with van der Waals surface area (Å²) >= 11 is 0. The Hall–Kier alpha value is -0.120. The summed E-state index contributed by atoms with van der Waals surface area (Å²) < 4.78 is 10.6. The molecule has 0 atom stereocenters. The summed E-state index contributed by atoms with van der Waals surface area (Å²) in [4.78, 5) is 0. The molecule has 0 saturated carbocycles. The van der Waals surface area contributed by atoms with Gasteiger partial charge < -0.3 is 14.8 Å². The van der Waals surface area contributed by atoms with Gasteiger partial charge in [0.25, 0.3) is 0 Å². The lowest BCUT2D eigenvalue weighted by molar-refractivity contribution is -0.0994. The molecule has 0 bridgehead atoms.